The lowest BCUT2D eigenvalue weighted by Gasteiger charge is -2.39. The van der Waals surface area contributed by atoms with Crippen molar-refractivity contribution in [1.29, 1.82) is 0 Å². The molecule has 17 heavy (non-hydrogen) atoms. The Hall–Kier alpha value is -1.13. The second-order valence-corrected chi connectivity index (χ2v) is 4.77. The monoisotopic (exact) mass is 234 g/mol. The summed E-state index contributed by atoms with van der Waals surface area (Å²) in [5.74, 6) is 0. The second kappa shape index (κ2) is 5.47. The predicted octanol–water partition coefficient (Wildman–Crippen LogP) is 0.859. The summed E-state index contributed by atoms with van der Waals surface area (Å²) < 4.78 is 0. The van der Waals surface area contributed by atoms with E-state index in [4.69, 9.17) is 5.73 Å². The van der Waals surface area contributed by atoms with Gasteiger partial charge in [0.2, 0.25) is 0 Å². The fourth-order valence-corrected chi connectivity index (χ4v) is 2.37. The third-order valence-corrected chi connectivity index (χ3v) is 3.61. The van der Waals surface area contributed by atoms with Gasteiger partial charge in [-0.2, -0.15) is 0 Å². The van der Waals surface area contributed by atoms with Gasteiger partial charge in [-0.3, -0.25) is 9.88 Å². The van der Waals surface area contributed by atoms with Crippen LogP contribution in [0.2, 0.25) is 0 Å². The molecule has 4 heteroatoms. The SMILES string of the molecule is Cc1cnccc1N1CCN(C(C)CN)CC1. The van der Waals surface area contributed by atoms with Crippen LogP contribution in [0.3, 0.4) is 0 Å². The summed E-state index contributed by atoms with van der Waals surface area (Å²) in [6.45, 7) is 9.42. The van der Waals surface area contributed by atoms with Gasteiger partial charge >= 0.3 is 0 Å². The van der Waals surface area contributed by atoms with E-state index in [-0.39, 0.29) is 0 Å². The smallest absolute Gasteiger partial charge is 0.0427 e. The number of hydrogen-bond acceptors (Lipinski definition) is 4. The fourth-order valence-electron chi connectivity index (χ4n) is 2.37. The Bertz CT molecular complexity index is 358. The zero-order valence-corrected chi connectivity index (χ0v) is 10.8. The van der Waals surface area contributed by atoms with Gasteiger partial charge in [-0.15, -0.1) is 0 Å². The highest BCUT2D eigenvalue weighted by Crippen LogP contribution is 2.20. The zero-order chi connectivity index (χ0) is 12.3. The van der Waals surface area contributed by atoms with Gasteiger partial charge in [-0.25, -0.2) is 0 Å². The van der Waals surface area contributed by atoms with Crippen LogP contribution in [0, 0.1) is 6.92 Å². The lowest BCUT2D eigenvalue weighted by molar-refractivity contribution is 0.201. The minimum absolute atomic E-state index is 0.496. The molecule has 2 N–H and O–H groups in total. The number of rotatable bonds is 3. The predicted molar refractivity (Wildman–Crippen MR) is 71.3 cm³/mol. The molecule has 1 aromatic heterocycles. The van der Waals surface area contributed by atoms with Crippen LogP contribution in [0.25, 0.3) is 0 Å². The summed E-state index contributed by atoms with van der Waals surface area (Å²) in [6.07, 6.45) is 3.81. The minimum atomic E-state index is 0.496. The fraction of sp³-hybridized carbons (Fsp3) is 0.615. The Morgan fingerprint density at radius 3 is 2.65 bits per heavy atom. The largest absolute Gasteiger partial charge is 0.369 e. The van der Waals surface area contributed by atoms with Crippen molar-refractivity contribution in [2.75, 3.05) is 37.6 Å². The van der Waals surface area contributed by atoms with E-state index < -0.39 is 0 Å². The Morgan fingerprint density at radius 2 is 2.06 bits per heavy atom. The van der Waals surface area contributed by atoms with Gasteiger partial charge in [0.1, 0.15) is 0 Å². The van der Waals surface area contributed by atoms with Crippen LogP contribution in [-0.2, 0) is 0 Å². The summed E-state index contributed by atoms with van der Waals surface area (Å²) in [5, 5.41) is 0. The van der Waals surface area contributed by atoms with Crippen molar-refractivity contribution in [3.63, 3.8) is 0 Å². The maximum Gasteiger partial charge on any atom is 0.0427 e. The molecule has 0 amide bonds. The van der Waals surface area contributed by atoms with Gasteiger partial charge in [0.15, 0.2) is 0 Å². The molecule has 2 rings (SSSR count). The van der Waals surface area contributed by atoms with E-state index in [0.717, 1.165) is 32.7 Å². The molecule has 1 aliphatic heterocycles. The molecule has 94 valence electrons. The molecule has 4 nitrogen and oxygen atoms in total. The van der Waals surface area contributed by atoms with Crippen molar-refractivity contribution >= 4 is 5.69 Å². The molecule has 0 saturated carbocycles. The maximum absolute atomic E-state index is 5.71. The van der Waals surface area contributed by atoms with Crippen LogP contribution in [0.1, 0.15) is 12.5 Å². The van der Waals surface area contributed by atoms with Crippen molar-refractivity contribution in [3.8, 4) is 0 Å². The van der Waals surface area contributed by atoms with E-state index in [9.17, 15) is 0 Å². The summed E-state index contributed by atoms with van der Waals surface area (Å²) >= 11 is 0. The summed E-state index contributed by atoms with van der Waals surface area (Å²) in [6, 6.07) is 2.60. The Balaban J connectivity index is 1.98. The van der Waals surface area contributed by atoms with Crippen LogP contribution < -0.4 is 10.6 Å². The number of aromatic nitrogens is 1. The molecule has 0 bridgehead atoms. The normalized spacial score (nSPS) is 19.4. The summed E-state index contributed by atoms with van der Waals surface area (Å²) in [4.78, 5) is 9.05. The van der Waals surface area contributed by atoms with Gasteiger partial charge in [0.25, 0.3) is 0 Å². The van der Waals surface area contributed by atoms with Gasteiger partial charge in [-0.1, -0.05) is 0 Å². The zero-order valence-electron chi connectivity index (χ0n) is 10.8. The van der Waals surface area contributed by atoms with E-state index >= 15 is 0 Å². The van der Waals surface area contributed by atoms with Gasteiger partial charge in [0.05, 0.1) is 0 Å². The van der Waals surface area contributed by atoms with E-state index in [1.807, 2.05) is 12.4 Å². The molecule has 1 unspecified atom stereocenters. The van der Waals surface area contributed by atoms with Crippen LogP contribution >= 0.6 is 0 Å². The average Bonchev–Trinajstić information content (AvgIpc) is 2.39. The average molecular weight is 234 g/mol. The number of nitrogens with zero attached hydrogens (tertiary/aromatic N) is 3. The van der Waals surface area contributed by atoms with E-state index in [1.165, 1.54) is 11.3 Å². The summed E-state index contributed by atoms with van der Waals surface area (Å²) in [7, 11) is 0. The number of anilines is 1. The molecular formula is C13H22N4. The topological polar surface area (TPSA) is 45.4 Å². The highest BCUT2D eigenvalue weighted by molar-refractivity contribution is 5.51. The van der Waals surface area contributed by atoms with Crippen LogP contribution in [0.15, 0.2) is 18.5 Å². The molecule has 2 heterocycles. The van der Waals surface area contributed by atoms with Crippen LogP contribution in [0.5, 0.6) is 0 Å². The molecule has 1 aliphatic rings. The van der Waals surface area contributed by atoms with Crippen LogP contribution in [-0.4, -0.2) is 48.6 Å². The Labute approximate surface area is 103 Å². The molecular weight excluding hydrogens is 212 g/mol. The third-order valence-electron chi connectivity index (χ3n) is 3.61. The second-order valence-electron chi connectivity index (χ2n) is 4.77. The summed E-state index contributed by atoms with van der Waals surface area (Å²) in [5.41, 5.74) is 8.29. The maximum atomic E-state index is 5.71. The van der Waals surface area contributed by atoms with E-state index in [1.54, 1.807) is 0 Å². The first-order valence-corrected chi connectivity index (χ1v) is 6.32. The molecule has 0 spiro atoms. The van der Waals surface area contributed by atoms with Crippen molar-refractivity contribution < 1.29 is 0 Å². The van der Waals surface area contributed by atoms with Gasteiger partial charge in [-0.05, 0) is 25.5 Å². The van der Waals surface area contributed by atoms with Crippen molar-refractivity contribution in [3.05, 3.63) is 24.0 Å². The molecule has 1 atom stereocenters. The number of hydrogen-bond donors (Lipinski definition) is 1. The minimum Gasteiger partial charge on any atom is -0.369 e. The molecule has 0 radical (unpaired) electrons. The molecule has 0 aromatic carbocycles. The molecule has 1 saturated heterocycles. The first-order valence-electron chi connectivity index (χ1n) is 6.32. The van der Waals surface area contributed by atoms with Crippen molar-refractivity contribution in [2.24, 2.45) is 5.73 Å². The van der Waals surface area contributed by atoms with Gasteiger partial charge in [0, 0.05) is 56.8 Å². The number of pyridine rings is 1. The van der Waals surface area contributed by atoms with Gasteiger partial charge < -0.3 is 10.6 Å². The lowest BCUT2D eigenvalue weighted by Crippen LogP contribution is -2.51. The van der Waals surface area contributed by atoms with Crippen molar-refractivity contribution in [1.82, 2.24) is 9.88 Å². The standard InChI is InChI=1S/C13H22N4/c1-11-10-15-4-3-13(11)17-7-5-16(6-8-17)12(2)9-14/h3-4,10,12H,5-9,14H2,1-2H3. The highest BCUT2D eigenvalue weighted by Gasteiger charge is 2.20. The molecule has 1 fully saturated rings. The van der Waals surface area contributed by atoms with E-state index in [2.05, 4.69) is 34.7 Å². The quantitative estimate of drug-likeness (QED) is 0.842. The number of nitrogens with two attached hydrogens (primary N) is 1. The molecule has 0 aliphatic carbocycles. The Morgan fingerprint density at radius 1 is 1.35 bits per heavy atom. The highest BCUT2D eigenvalue weighted by atomic mass is 15.3. The van der Waals surface area contributed by atoms with E-state index in [0.29, 0.717) is 6.04 Å². The number of aryl methyl sites for hydroxylation is 1. The first-order chi connectivity index (χ1) is 8.22. The lowest BCUT2D eigenvalue weighted by atomic mass is 10.2. The Kier molecular flexibility index (Phi) is 3.97. The first kappa shape index (κ1) is 12.3. The van der Waals surface area contributed by atoms with Crippen LogP contribution in [0.4, 0.5) is 5.69 Å². The molecule has 1 aromatic rings. The third kappa shape index (κ3) is 2.76. The van der Waals surface area contributed by atoms with Crippen molar-refractivity contribution in [2.45, 2.75) is 19.9 Å². The number of piperazine rings is 1.